The van der Waals surface area contributed by atoms with Gasteiger partial charge in [-0.15, -0.1) is 11.3 Å². The summed E-state index contributed by atoms with van der Waals surface area (Å²) in [6.07, 6.45) is 2.42. The molecule has 4 heteroatoms. The molecule has 2 nitrogen and oxygen atoms in total. The van der Waals surface area contributed by atoms with Crippen LogP contribution in [0.1, 0.15) is 46.3 Å². The van der Waals surface area contributed by atoms with E-state index in [1.54, 1.807) is 6.07 Å². The maximum absolute atomic E-state index is 14.6. The molecular formula is C23H25FO2S. The van der Waals surface area contributed by atoms with Gasteiger partial charge in [0.25, 0.3) is 0 Å². The summed E-state index contributed by atoms with van der Waals surface area (Å²) < 4.78 is 19.3. The van der Waals surface area contributed by atoms with Crippen LogP contribution >= 0.6 is 11.3 Å². The summed E-state index contributed by atoms with van der Waals surface area (Å²) in [7, 11) is 1.39. The van der Waals surface area contributed by atoms with E-state index in [1.807, 2.05) is 36.4 Å². The molecule has 0 spiro atoms. The van der Waals surface area contributed by atoms with Crippen molar-refractivity contribution in [1.82, 2.24) is 0 Å². The Kier molecular flexibility index (Phi) is 6.68. The number of alkyl halides is 1. The van der Waals surface area contributed by atoms with Gasteiger partial charge in [-0.3, -0.25) is 0 Å². The Morgan fingerprint density at radius 3 is 2.78 bits per heavy atom. The van der Waals surface area contributed by atoms with Crippen LogP contribution in [0.25, 0.3) is 0 Å². The van der Waals surface area contributed by atoms with E-state index >= 15 is 0 Å². The van der Waals surface area contributed by atoms with Gasteiger partial charge < -0.3 is 4.74 Å². The summed E-state index contributed by atoms with van der Waals surface area (Å²) in [5.41, 5.74) is 0.986. The van der Waals surface area contributed by atoms with Gasteiger partial charge >= 0.3 is 5.97 Å². The van der Waals surface area contributed by atoms with Gasteiger partial charge in [0.05, 0.1) is 7.11 Å². The number of methoxy groups -OCH3 is 1. The average Bonchev–Trinajstić information content (AvgIpc) is 3.25. The van der Waals surface area contributed by atoms with Crippen molar-refractivity contribution < 1.29 is 13.9 Å². The molecule has 0 N–H and O–H groups in total. The van der Waals surface area contributed by atoms with E-state index in [0.29, 0.717) is 11.3 Å². The van der Waals surface area contributed by atoms with Gasteiger partial charge in [0.2, 0.25) is 0 Å². The minimum atomic E-state index is -0.774. The topological polar surface area (TPSA) is 26.3 Å². The first kappa shape index (κ1) is 19.6. The molecule has 0 unspecified atom stereocenters. The average molecular weight is 385 g/mol. The molecule has 1 aliphatic carbocycles. The Balaban J connectivity index is 1.59. The second-order valence-corrected chi connectivity index (χ2v) is 8.37. The largest absolute Gasteiger partial charge is 0.465 e. The number of carbonyl (C=O) groups is 1. The highest BCUT2D eigenvalue weighted by atomic mass is 32.1. The molecule has 1 aliphatic rings. The van der Waals surface area contributed by atoms with Crippen LogP contribution in [0.3, 0.4) is 0 Å². The Bertz CT molecular complexity index is 818. The van der Waals surface area contributed by atoms with Gasteiger partial charge in [0, 0.05) is 22.3 Å². The van der Waals surface area contributed by atoms with Crippen molar-refractivity contribution >= 4 is 17.3 Å². The summed E-state index contributed by atoms with van der Waals surface area (Å²) in [6, 6.07) is 13.7. The first-order valence-corrected chi connectivity index (χ1v) is 10.3. The number of hydrogen-bond donors (Lipinski definition) is 0. The highest BCUT2D eigenvalue weighted by Crippen LogP contribution is 2.41. The van der Waals surface area contributed by atoms with E-state index in [-0.39, 0.29) is 23.7 Å². The molecule has 142 valence electrons. The number of carbonyl (C=O) groups excluding carboxylic acids is 1. The van der Waals surface area contributed by atoms with Gasteiger partial charge in [0.15, 0.2) is 0 Å². The van der Waals surface area contributed by atoms with Crippen LogP contribution in [-0.4, -0.2) is 19.3 Å². The SMILES string of the molecule is COC(=O)c1ccc(CCC[C@@H]2[C@@H](C#Cc3ccccc3)[C@H](C)C[C@H]2F)s1. The number of hydrogen-bond acceptors (Lipinski definition) is 3. The van der Waals surface area contributed by atoms with Crippen LogP contribution in [0.5, 0.6) is 0 Å². The lowest BCUT2D eigenvalue weighted by molar-refractivity contribution is 0.0606. The van der Waals surface area contributed by atoms with Crippen LogP contribution in [-0.2, 0) is 11.2 Å². The zero-order chi connectivity index (χ0) is 19.2. The fraction of sp³-hybridized carbons (Fsp3) is 0.435. The molecule has 3 rings (SSSR count). The minimum absolute atomic E-state index is 0.00347. The fourth-order valence-electron chi connectivity index (χ4n) is 3.86. The van der Waals surface area contributed by atoms with E-state index in [2.05, 4.69) is 18.8 Å². The molecule has 1 saturated carbocycles. The second kappa shape index (κ2) is 9.19. The zero-order valence-corrected chi connectivity index (χ0v) is 16.6. The van der Waals surface area contributed by atoms with Gasteiger partial charge in [-0.25, -0.2) is 9.18 Å². The van der Waals surface area contributed by atoms with Crippen molar-refractivity contribution in [3.8, 4) is 11.8 Å². The number of halogens is 1. The number of ether oxygens (including phenoxy) is 1. The highest BCUT2D eigenvalue weighted by Gasteiger charge is 2.40. The fourth-order valence-corrected chi connectivity index (χ4v) is 4.82. The number of rotatable bonds is 5. The predicted octanol–water partition coefficient (Wildman–Crippen LogP) is 5.52. The first-order chi connectivity index (χ1) is 13.1. The molecule has 4 atom stereocenters. The molecular weight excluding hydrogens is 359 g/mol. The Morgan fingerprint density at radius 2 is 2.04 bits per heavy atom. The standard InChI is InChI=1S/C23H25FO2S/c1-16-15-21(24)20(19(16)13-11-17-7-4-3-5-8-17)10-6-9-18-12-14-22(27-18)23(25)26-2/h3-5,7-8,12,14,16,19-21H,6,9-10,15H2,1-2H3/t16-,19+,20-,21-/m1/s1. The van der Waals surface area contributed by atoms with E-state index in [1.165, 1.54) is 18.4 Å². The molecule has 1 aromatic heterocycles. The lowest BCUT2D eigenvalue weighted by atomic mass is 9.87. The summed E-state index contributed by atoms with van der Waals surface area (Å²) in [6.45, 7) is 2.11. The van der Waals surface area contributed by atoms with Crippen molar-refractivity contribution in [1.29, 1.82) is 0 Å². The van der Waals surface area contributed by atoms with Crippen molar-refractivity contribution in [2.24, 2.45) is 17.8 Å². The van der Waals surface area contributed by atoms with Crippen LogP contribution in [0, 0.1) is 29.6 Å². The van der Waals surface area contributed by atoms with E-state index in [0.717, 1.165) is 29.7 Å². The molecule has 0 radical (unpaired) electrons. The zero-order valence-electron chi connectivity index (χ0n) is 15.8. The Labute approximate surface area is 164 Å². The second-order valence-electron chi connectivity index (χ2n) is 7.20. The highest BCUT2D eigenvalue weighted by molar-refractivity contribution is 7.13. The summed E-state index contributed by atoms with van der Waals surface area (Å²) in [5, 5.41) is 0. The van der Waals surface area contributed by atoms with Crippen LogP contribution in [0.4, 0.5) is 4.39 Å². The van der Waals surface area contributed by atoms with Crippen molar-refractivity contribution in [3.05, 3.63) is 57.8 Å². The lowest BCUT2D eigenvalue weighted by Crippen LogP contribution is -2.16. The molecule has 1 fully saturated rings. The number of benzene rings is 1. The van der Waals surface area contributed by atoms with Gasteiger partial charge in [-0.1, -0.05) is 37.0 Å². The van der Waals surface area contributed by atoms with Crippen LogP contribution in [0.15, 0.2) is 42.5 Å². The summed E-state index contributed by atoms with van der Waals surface area (Å²) in [5.74, 6) is 6.68. The van der Waals surface area contributed by atoms with Gasteiger partial charge in [-0.05, 0) is 55.9 Å². The first-order valence-electron chi connectivity index (χ1n) is 9.46. The number of aryl methyl sites for hydroxylation is 1. The summed E-state index contributed by atoms with van der Waals surface area (Å²) in [4.78, 5) is 13.3. The van der Waals surface area contributed by atoms with Crippen LogP contribution in [0.2, 0.25) is 0 Å². The third-order valence-electron chi connectivity index (χ3n) is 5.30. The lowest BCUT2D eigenvalue weighted by Gasteiger charge is -2.18. The smallest absolute Gasteiger partial charge is 0.348 e. The molecule has 2 aromatic rings. The monoisotopic (exact) mass is 384 g/mol. The quantitative estimate of drug-likeness (QED) is 0.501. The normalized spacial score (nSPS) is 24.3. The molecule has 27 heavy (non-hydrogen) atoms. The summed E-state index contributed by atoms with van der Waals surface area (Å²) >= 11 is 1.46. The maximum atomic E-state index is 14.6. The molecule has 1 aromatic carbocycles. The third kappa shape index (κ3) is 4.99. The van der Waals surface area contributed by atoms with Gasteiger partial charge in [0.1, 0.15) is 11.0 Å². The third-order valence-corrected chi connectivity index (χ3v) is 6.43. The molecule has 1 heterocycles. The minimum Gasteiger partial charge on any atom is -0.465 e. The van der Waals surface area contributed by atoms with Gasteiger partial charge in [-0.2, -0.15) is 0 Å². The molecule has 0 aliphatic heterocycles. The van der Waals surface area contributed by atoms with Crippen LogP contribution < -0.4 is 0 Å². The van der Waals surface area contributed by atoms with Crippen molar-refractivity contribution in [2.75, 3.05) is 7.11 Å². The van der Waals surface area contributed by atoms with Crippen molar-refractivity contribution in [3.63, 3.8) is 0 Å². The Morgan fingerprint density at radius 1 is 1.26 bits per heavy atom. The number of esters is 1. The van der Waals surface area contributed by atoms with E-state index in [9.17, 15) is 9.18 Å². The molecule has 0 bridgehead atoms. The maximum Gasteiger partial charge on any atom is 0.348 e. The molecule has 0 amide bonds. The van der Waals surface area contributed by atoms with E-state index in [4.69, 9.17) is 4.74 Å². The molecule has 0 saturated heterocycles. The predicted molar refractivity (Wildman–Crippen MR) is 108 cm³/mol. The van der Waals surface area contributed by atoms with Crippen molar-refractivity contribution in [2.45, 2.75) is 38.8 Å². The Hall–Kier alpha value is -2.12. The van der Waals surface area contributed by atoms with E-state index < -0.39 is 6.17 Å². The number of thiophene rings is 1.